The van der Waals surface area contributed by atoms with Gasteiger partial charge < -0.3 is 15.4 Å². The number of esters is 1. The van der Waals surface area contributed by atoms with Crippen LogP contribution in [0, 0.1) is 5.92 Å². The number of hydrogen-bond acceptors (Lipinski definition) is 4. The van der Waals surface area contributed by atoms with Gasteiger partial charge in [-0.05, 0) is 66.2 Å². The van der Waals surface area contributed by atoms with Crippen molar-refractivity contribution in [3.63, 3.8) is 0 Å². The second kappa shape index (κ2) is 8.85. The normalized spacial score (nSPS) is 23.7. The molecule has 1 aliphatic heterocycles. The zero-order valence-electron chi connectivity index (χ0n) is 17.9. The van der Waals surface area contributed by atoms with Crippen molar-refractivity contribution >= 4 is 5.97 Å². The molecule has 1 heterocycles. The molecule has 4 nitrogen and oxygen atoms in total. The Bertz CT molecular complexity index is 418. The van der Waals surface area contributed by atoms with E-state index in [-0.39, 0.29) is 22.6 Å². The molecule has 0 aromatic rings. The largest absolute Gasteiger partial charge is 0.459 e. The van der Waals surface area contributed by atoms with Gasteiger partial charge in [0.1, 0.15) is 5.60 Å². The molecule has 0 saturated carbocycles. The van der Waals surface area contributed by atoms with E-state index in [1.54, 1.807) is 0 Å². The minimum Gasteiger partial charge on any atom is -0.459 e. The quantitative estimate of drug-likeness (QED) is 0.602. The Kier molecular flexibility index (Phi) is 7.94. The highest BCUT2D eigenvalue weighted by molar-refractivity contribution is 5.70. The van der Waals surface area contributed by atoms with Gasteiger partial charge in [0.15, 0.2) is 0 Å². The third kappa shape index (κ3) is 8.08. The van der Waals surface area contributed by atoms with Gasteiger partial charge in [0.2, 0.25) is 0 Å². The number of nitrogens with one attached hydrogen (secondary N) is 2. The van der Waals surface area contributed by atoms with Gasteiger partial charge in [-0.25, -0.2) is 0 Å². The van der Waals surface area contributed by atoms with Gasteiger partial charge >= 0.3 is 5.97 Å². The van der Waals surface area contributed by atoms with E-state index in [2.05, 4.69) is 66.0 Å². The van der Waals surface area contributed by atoms with Gasteiger partial charge in [0.25, 0.3) is 0 Å². The summed E-state index contributed by atoms with van der Waals surface area (Å²) < 4.78 is 5.84. The topological polar surface area (TPSA) is 50.4 Å². The van der Waals surface area contributed by atoms with E-state index < -0.39 is 0 Å². The minimum absolute atomic E-state index is 0.0763. The fraction of sp³-hybridized carbons (Fsp3) is 0.952. The van der Waals surface area contributed by atoms with E-state index in [0.717, 1.165) is 32.1 Å². The summed E-state index contributed by atoms with van der Waals surface area (Å²) in [6.07, 6.45) is 5.53. The van der Waals surface area contributed by atoms with E-state index in [0.29, 0.717) is 24.9 Å². The van der Waals surface area contributed by atoms with E-state index in [4.69, 9.17) is 4.74 Å². The average Bonchev–Trinajstić information content (AvgIpc) is 2.43. The van der Waals surface area contributed by atoms with Gasteiger partial charge in [-0.1, -0.05) is 27.2 Å². The number of carbonyl (C=O) groups is 1. The predicted molar refractivity (Wildman–Crippen MR) is 106 cm³/mol. The van der Waals surface area contributed by atoms with Crippen LogP contribution >= 0.6 is 0 Å². The van der Waals surface area contributed by atoms with Crippen molar-refractivity contribution in [2.45, 2.75) is 117 Å². The molecule has 25 heavy (non-hydrogen) atoms. The number of ether oxygens (including phenoxy) is 1. The zero-order chi connectivity index (χ0) is 19.3. The molecule has 0 amide bonds. The van der Waals surface area contributed by atoms with E-state index >= 15 is 0 Å². The number of piperidine rings is 1. The standard InChI is InChI=1S/C21H42N2O2/c1-9-16(3)13-21(8,10-2)25-18(24)11-12-22-17-14-19(4,5)23-20(6,7)15-17/h16-17,22-23H,9-15H2,1-8H3. The molecule has 0 spiro atoms. The fourth-order valence-electron chi connectivity index (χ4n) is 4.31. The van der Waals surface area contributed by atoms with Crippen LogP contribution in [0.1, 0.15) is 93.9 Å². The van der Waals surface area contributed by atoms with Crippen LogP contribution < -0.4 is 10.6 Å². The van der Waals surface area contributed by atoms with Gasteiger partial charge in [-0.3, -0.25) is 4.79 Å². The van der Waals surface area contributed by atoms with Crippen LogP contribution in [0.5, 0.6) is 0 Å². The van der Waals surface area contributed by atoms with Gasteiger partial charge in [-0.15, -0.1) is 0 Å². The SMILES string of the molecule is CCC(C)CC(C)(CC)OC(=O)CCNC1CC(C)(C)NC(C)(C)C1. The first-order valence-corrected chi connectivity index (χ1v) is 10.1. The molecule has 0 aromatic carbocycles. The van der Waals surface area contributed by atoms with Crippen LogP contribution in [-0.4, -0.2) is 35.2 Å². The molecule has 148 valence electrons. The van der Waals surface area contributed by atoms with E-state index in [9.17, 15) is 4.79 Å². The van der Waals surface area contributed by atoms with Crippen LogP contribution in [0.3, 0.4) is 0 Å². The summed E-state index contributed by atoms with van der Waals surface area (Å²) >= 11 is 0. The Morgan fingerprint density at radius 3 is 2.28 bits per heavy atom. The summed E-state index contributed by atoms with van der Waals surface area (Å²) in [5.41, 5.74) is -0.0841. The second-order valence-corrected chi connectivity index (χ2v) is 9.70. The molecule has 0 aromatic heterocycles. The summed E-state index contributed by atoms with van der Waals surface area (Å²) in [4.78, 5) is 12.3. The molecule has 2 unspecified atom stereocenters. The monoisotopic (exact) mass is 354 g/mol. The molecule has 2 atom stereocenters. The Morgan fingerprint density at radius 2 is 1.80 bits per heavy atom. The van der Waals surface area contributed by atoms with Crippen LogP contribution in [-0.2, 0) is 9.53 Å². The van der Waals surface area contributed by atoms with Crippen molar-refractivity contribution in [1.29, 1.82) is 0 Å². The molecule has 1 rings (SSSR count). The molecule has 1 saturated heterocycles. The van der Waals surface area contributed by atoms with Crippen molar-refractivity contribution in [2.24, 2.45) is 5.92 Å². The Morgan fingerprint density at radius 1 is 1.24 bits per heavy atom. The summed E-state index contributed by atoms with van der Waals surface area (Å²) in [5, 5.41) is 7.27. The van der Waals surface area contributed by atoms with Crippen LogP contribution in [0.4, 0.5) is 0 Å². The first kappa shape index (κ1) is 22.4. The molecule has 0 aliphatic carbocycles. The van der Waals surface area contributed by atoms with E-state index in [1.807, 2.05) is 0 Å². The summed E-state index contributed by atoms with van der Waals surface area (Å²) in [7, 11) is 0. The first-order chi connectivity index (χ1) is 11.4. The molecular weight excluding hydrogens is 312 g/mol. The lowest BCUT2D eigenvalue weighted by Gasteiger charge is -2.46. The Hall–Kier alpha value is -0.610. The molecule has 1 fully saturated rings. The lowest BCUT2D eigenvalue weighted by Crippen LogP contribution is -2.61. The molecule has 0 radical (unpaired) electrons. The van der Waals surface area contributed by atoms with Gasteiger partial charge in [0, 0.05) is 23.7 Å². The van der Waals surface area contributed by atoms with Crippen LogP contribution in [0.2, 0.25) is 0 Å². The zero-order valence-corrected chi connectivity index (χ0v) is 17.9. The Balaban J connectivity index is 2.43. The molecular formula is C21H42N2O2. The van der Waals surface area contributed by atoms with Crippen molar-refractivity contribution in [3.8, 4) is 0 Å². The summed E-state index contributed by atoms with van der Waals surface area (Å²) in [6, 6.07) is 0.441. The highest BCUT2D eigenvalue weighted by Crippen LogP contribution is 2.29. The maximum Gasteiger partial charge on any atom is 0.307 e. The van der Waals surface area contributed by atoms with Gasteiger partial charge in [0.05, 0.1) is 6.42 Å². The average molecular weight is 355 g/mol. The first-order valence-electron chi connectivity index (χ1n) is 10.1. The van der Waals surface area contributed by atoms with Crippen molar-refractivity contribution in [1.82, 2.24) is 10.6 Å². The molecule has 1 aliphatic rings. The predicted octanol–water partition coefficient (Wildman–Crippen LogP) is 4.42. The second-order valence-electron chi connectivity index (χ2n) is 9.70. The lowest BCUT2D eigenvalue weighted by atomic mass is 9.79. The minimum atomic E-state index is -0.328. The van der Waals surface area contributed by atoms with Crippen molar-refractivity contribution < 1.29 is 9.53 Å². The maximum atomic E-state index is 12.3. The Labute approximate surface area is 155 Å². The van der Waals surface area contributed by atoms with Crippen molar-refractivity contribution in [3.05, 3.63) is 0 Å². The molecule has 2 N–H and O–H groups in total. The number of hydrogen-bond donors (Lipinski definition) is 2. The van der Waals surface area contributed by atoms with Crippen molar-refractivity contribution in [2.75, 3.05) is 6.54 Å². The van der Waals surface area contributed by atoms with Gasteiger partial charge in [-0.2, -0.15) is 0 Å². The molecule has 0 bridgehead atoms. The third-order valence-electron chi connectivity index (χ3n) is 5.54. The number of carbonyl (C=O) groups excluding carboxylic acids is 1. The molecule has 4 heteroatoms. The smallest absolute Gasteiger partial charge is 0.307 e. The maximum absolute atomic E-state index is 12.3. The number of rotatable bonds is 9. The highest BCUT2D eigenvalue weighted by Gasteiger charge is 2.37. The van der Waals surface area contributed by atoms with Crippen LogP contribution in [0.15, 0.2) is 0 Å². The fourth-order valence-corrected chi connectivity index (χ4v) is 4.31. The lowest BCUT2D eigenvalue weighted by molar-refractivity contribution is -0.160. The summed E-state index contributed by atoms with van der Waals surface area (Å²) in [5.74, 6) is 0.502. The third-order valence-corrected chi connectivity index (χ3v) is 5.54. The van der Waals surface area contributed by atoms with Crippen LogP contribution in [0.25, 0.3) is 0 Å². The summed E-state index contributed by atoms with van der Waals surface area (Å²) in [6.45, 7) is 18.3. The highest BCUT2D eigenvalue weighted by atomic mass is 16.6. The van der Waals surface area contributed by atoms with E-state index in [1.165, 1.54) is 0 Å².